The molecule has 0 aromatic carbocycles. The third-order valence-corrected chi connectivity index (χ3v) is 5.41. The van der Waals surface area contributed by atoms with Gasteiger partial charge >= 0.3 is 5.69 Å². The molecule has 0 unspecified atom stereocenters. The molecule has 0 aliphatic heterocycles. The van der Waals surface area contributed by atoms with Crippen molar-refractivity contribution in [2.24, 2.45) is 7.05 Å². The van der Waals surface area contributed by atoms with Gasteiger partial charge in [-0.1, -0.05) is 13.3 Å². The van der Waals surface area contributed by atoms with Gasteiger partial charge in [-0.3, -0.25) is 19.1 Å². The molecule has 0 fully saturated rings. The van der Waals surface area contributed by atoms with Gasteiger partial charge in [-0.2, -0.15) is 5.10 Å². The normalized spacial score (nSPS) is 13.8. The molecule has 0 radical (unpaired) electrons. The number of rotatable bonds is 5. The Morgan fingerprint density at radius 2 is 1.96 bits per heavy atom. The molecule has 3 aromatic heterocycles. The number of H-pyrrole nitrogens is 1. The number of hydrogen-bond acceptors (Lipinski definition) is 5. The molecule has 1 aliphatic carbocycles. The summed E-state index contributed by atoms with van der Waals surface area (Å²) in [6, 6.07) is 1.66. The number of hydrogen-bond donors (Lipinski definition) is 1. The van der Waals surface area contributed by atoms with Gasteiger partial charge in [0, 0.05) is 19.7 Å². The van der Waals surface area contributed by atoms with Crippen LogP contribution in [0.15, 0.2) is 20.4 Å². The van der Waals surface area contributed by atoms with Crippen LogP contribution in [0.5, 0.6) is 0 Å². The van der Waals surface area contributed by atoms with Gasteiger partial charge in [0.2, 0.25) is 0 Å². The summed E-state index contributed by atoms with van der Waals surface area (Å²) >= 11 is 0. The zero-order valence-corrected chi connectivity index (χ0v) is 16.2. The molecule has 148 valence electrons. The number of nitrogens with zero attached hydrogens (tertiary/aromatic N) is 5. The lowest BCUT2D eigenvalue weighted by Gasteiger charge is -2.15. The topological polar surface area (TPSA) is 108 Å². The lowest BCUT2D eigenvalue weighted by atomic mass is 9.97. The van der Waals surface area contributed by atoms with Gasteiger partial charge in [0.1, 0.15) is 12.4 Å². The number of nitrogens with one attached hydrogen (secondary N) is 1. The summed E-state index contributed by atoms with van der Waals surface area (Å²) in [4.78, 5) is 44.0. The molecule has 0 saturated heterocycles. The van der Waals surface area contributed by atoms with Gasteiger partial charge in [-0.05, 0) is 37.7 Å². The van der Waals surface area contributed by atoms with E-state index in [9.17, 15) is 14.4 Å². The Bertz CT molecular complexity index is 1210. The lowest BCUT2D eigenvalue weighted by molar-refractivity contribution is 0.555. The zero-order chi connectivity index (χ0) is 19.8. The van der Waals surface area contributed by atoms with Gasteiger partial charge in [-0.15, -0.1) is 0 Å². The third-order valence-electron chi connectivity index (χ3n) is 5.41. The SMILES string of the molecule is CCCCn1c(=O)[nH]c(=O)c2c1nc(Cn1nc3c(cc1=O)CCCC3)n2C. The van der Waals surface area contributed by atoms with Crippen molar-refractivity contribution in [1.82, 2.24) is 28.9 Å². The molecule has 28 heavy (non-hydrogen) atoms. The molecule has 1 N–H and O–H groups in total. The summed E-state index contributed by atoms with van der Waals surface area (Å²) in [6.07, 6.45) is 5.64. The molecule has 0 saturated carbocycles. The van der Waals surface area contributed by atoms with E-state index in [-0.39, 0.29) is 12.1 Å². The van der Waals surface area contributed by atoms with E-state index in [1.807, 2.05) is 6.92 Å². The number of unbranched alkanes of at least 4 members (excludes halogenated alkanes) is 1. The van der Waals surface area contributed by atoms with E-state index in [1.165, 1.54) is 9.25 Å². The second-order valence-electron chi connectivity index (χ2n) is 7.34. The summed E-state index contributed by atoms with van der Waals surface area (Å²) in [7, 11) is 1.72. The van der Waals surface area contributed by atoms with Gasteiger partial charge in [0.25, 0.3) is 11.1 Å². The van der Waals surface area contributed by atoms with Crippen LogP contribution in [0, 0.1) is 0 Å². The van der Waals surface area contributed by atoms with Gasteiger partial charge < -0.3 is 4.57 Å². The van der Waals surface area contributed by atoms with Crippen LogP contribution in [0.2, 0.25) is 0 Å². The summed E-state index contributed by atoms with van der Waals surface area (Å²) in [5.74, 6) is 0.515. The molecule has 0 atom stereocenters. The summed E-state index contributed by atoms with van der Waals surface area (Å²) < 4.78 is 4.53. The molecule has 9 nitrogen and oxygen atoms in total. The van der Waals surface area contributed by atoms with E-state index in [0.717, 1.165) is 49.8 Å². The molecular weight excluding hydrogens is 360 g/mol. The Morgan fingerprint density at radius 3 is 2.75 bits per heavy atom. The summed E-state index contributed by atoms with van der Waals surface area (Å²) in [5.41, 5.74) is 1.57. The maximum atomic E-state index is 12.5. The van der Waals surface area contributed by atoms with E-state index in [4.69, 9.17) is 0 Å². The van der Waals surface area contributed by atoms with Gasteiger partial charge in [-0.25, -0.2) is 14.5 Å². The molecule has 3 aromatic rings. The Balaban J connectivity index is 1.81. The van der Waals surface area contributed by atoms with Gasteiger partial charge in [0.15, 0.2) is 11.2 Å². The van der Waals surface area contributed by atoms with E-state index >= 15 is 0 Å². The second-order valence-corrected chi connectivity index (χ2v) is 7.34. The van der Waals surface area contributed by atoms with Crippen LogP contribution in [0.1, 0.15) is 49.7 Å². The molecule has 4 rings (SSSR count). The highest BCUT2D eigenvalue weighted by Crippen LogP contribution is 2.17. The zero-order valence-electron chi connectivity index (χ0n) is 16.2. The first-order chi connectivity index (χ1) is 13.5. The average Bonchev–Trinajstić information content (AvgIpc) is 2.99. The number of aromatic amines is 1. The molecule has 3 heterocycles. The van der Waals surface area contributed by atoms with Crippen molar-refractivity contribution in [2.45, 2.75) is 58.5 Å². The van der Waals surface area contributed by atoms with E-state index in [0.29, 0.717) is 23.5 Å². The quantitative estimate of drug-likeness (QED) is 0.697. The van der Waals surface area contributed by atoms with E-state index in [2.05, 4.69) is 15.1 Å². The minimum Gasteiger partial charge on any atom is -0.324 e. The van der Waals surface area contributed by atoms with Crippen LogP contribution in [0.3, 0.4) is 0 Å². The fourth-order valence-electron chi connectivity index (χ4n) is 3.80. The predicted octanol–water partition coefficient (Wildman–Crippen LogP) is 0.707. The minimum absolute atomic E-state index is 0.151. The third kappa shape index (κ3) is 3.10. The largest absolute Gasteiger partial charge is 0.330 e. The van der Waals surface area contributed by atoms with Crippen molar-refractivity contribution < 1.29 is 0 Å². The van der Waals surface area contributed by atoms with Gasteiger partial charge in [0.05, 0.1) is 5.69 Å². The van der Waals surface area contributed by atoms with Crippen LogP contribution in [0.4, 0.5) is 0 Å². The summed E-state index contributed by atoms with van der Waals surface area (Å²) in [5, 5.41) is 4.53. The molecule has 0 bridgehead atoms. The van der Waals surface area contributed by atoms with E-state index < -0.39 is 11.2 Å². The monoisotopic (exact) mass is 384 g/mol. The number of imidazole rings is 1. The summed E-state index contributed by atoms with van der Waals surface area (Å²) in [6.45, 7) is 2.67. The number of aromatic nitrogens is 6. The number of aryl methyl sites for hydroxylation is 4. The lowest BCUT2D eigenvalue weighted by Crippen LogP contribution is -2.31. The molecule has 9 heteroatoms. The Kier molecular flexibility index (Phi) is 4.74. The van der Waals surface area contributed by atoms with Crippen molar-refractivity contribution in [3.05, 3.63) is 54.3 Å². The Labute approximate surface area is 160 Å². The minimum atomic E-state index is -0.472. The first-order valence-electron chi connectivity index (χ1n) is 9.78. The second kappa shape index (κ2) is 7.21. The molecule has 0 amide bonds. The fraction of sp³-hybridized carbons (Fsp3) is 0.526. The van der Waals surface area contributed by atoms with E-state index in [1.54, 1.807) is 17.7 Å². The van der Waals surface area contributed by atoms with Crippen molar-refractivity contribution in [3.8, 4) is 0 Å². The van der Waals surface area contributed by atoms with Crippen LogP contribution >= 0.6 is 0 Å². The Hall–Kier alpha value is -2.97. The average molecular weight is 384 g/mol. The smallest absolute Gasteiger partial charge is 0.324 e. The van der Waals surface area contributed by atoms with Crippen molar-refractivity contribution >= 4 is 11.2 Å². The highest BCUT2D eigenvalue weighted by atomic mass is 16.2. The number of fused-ring (bicyclic) bond motifs is 2. The van der Waals surface area contributed by atoms with Crippen molar-refractivity contribution in [2.75, 3.05) is 0 Å². The molecular formula is C19H24N6O3. The van der Waals surface area contributed by atoms with Crippen LogP contribution < -0.4 is 16.8 Å². The predicted molar refractivity (Wildman–Crippen MR) is 105 cm³/mol. The van der Waals surface area contributed by atoms with Crippen molar-refractivity contribution in [1.29, 1.82) is 0 Å². The molecule has 1 aliphatic rings. The maximum Gasteiger partial charge on any atom is 0.330 e. The Morgan fingerprint density at radius 1 is 1.18 bits per heavy atom. The fourth-order valence-corrected chi connectivity index (χ4v) is 3.80. The van der Waals surface area contributed by atoms with Crippen LogP contribution in [-0.4, -0.2) is 28.9 Å². The highest BCUT2D eigenvalue weighted by molar-refractivity contribution is 5.70. The van der Waals surface area contributed by atoms with Crippen molar-refractivity contribution in [3.63, 3.8) is 0 Å². The highest BCUT2D eigenvalue weighted by Gasteiger charge is 2.18. The standard InChI is InChI=1S/C19H24N6O3/c1-3-4-9-24-17-16(18(27)21-19(24)28)23(2)14(20-17)11-25-15(26)10-12-7-5-6-8-13(12)22-25/h10H,3-9,11H2,1-2H3,(H,21,27,28). The first kappa shape index (κ1) is 18.4. The molecule has 0 spiro atoms. The van der Waals surface area contributed by atoms with Crippen LogP contribution in [0.25, 0.3) is 11.2 Å². The first-order valence-corrected chi connectivity index (χ1v) is 9.78. The maximum absolute atomic E-state index is 12.5. The van der Waals surface area contributed by atoms with Crippen LogP contribution in [-0.2, 0) is 33.0 Å².